The molecule has 6 nitrogen and oxygen atoms in total. The van der Waals surface area contributed by atoms with E-state index in [0.717, 1.165) is 57.9 Å². The van der Waals surface area contributed by atoms with E-state index in [4.69, 9.17) is 10.2 Å². The van der Waals surface area contributed by atoms with Gasteiger partial charge in [0.05, 0.1) is 22.8 Å². The number of carbonyl (C=O) groups is 1. The molecule has 3 heterocycles. The molecular formula is C34H39N5O. The number of piperidine rings is 1. The van der Waals surface area contributed by atoms with E-state index < -0.39 is 0 Å². The molecule has 1 fully saturated rings. The van der Waals surface area contributed by atoms with E-state index in [0.29, 0.717) is 24.9 Å². The third-order valence-electron chi connectivity index (χ3n) is 7.01. The van der Waals surface area contributed by atoms with Gasteiger partial charge in [-0.2, -0.15) is 10.2 Å². The summed E-state index contributed by atoms with van der Waals surface area (Å²) in [4.78, 5) is 16.1. The van der Waals surface area contributed by atoms with Gasteiger partial charge in [0.1, 0.15) is 0 Å². The number of ketones is 1. The average Bonchev–Trinajstić information content (AvgIpc) is 3.50. The van der Waals surface area contributed by atoms with Crippen LogP contribution >= 0.6 is 0 Å². The molecule has 0 aliphatic carbocycles. The lowest BCUT2D eigenvalue weighted by Gasteiger charge is -2.26. The molecule has 2 aromatic carbocycles. The summed E-state index contributed by atoms with van der Waals surface area (Å²) in [6, 6.07) is 20.3. The molecule has 206 valence electrons. The highest BCUT2D eigenvalue weighted by Gasteiger charge is 2.26. The van der Waals surface area contributed by atoms with Crippen LogP contribution in [0.15, 0.2) is 84.2 Å². The van der Waals surface area contributed by atoms with E-state index in [1.165, 1.54) is 0 Å². The van der Waals surface area contributed by atoms with Crippen molar-refractivity contribution < 1.29 is 4.79 Å². The maximum absolute atomic E-state index is 13.9. The minimum Gasteiger partial charge on any atom is -0.298 e. The number of likely N-dealkylation sites (tertiary alicyclic amines) is 1. The van der Waals surface area contributed by atoms with Crippen LogP contribution in [0.5, 0.6) is 0 Å². The highest BCUT2D eigenvalue weighted by molar-refractivity contribution is 6.14. The van der Waals surface area contributed by atoms with Crippen molar-refractivity contribution in [1.29, 1.82) is 0 Å². The van der Waals surface area contributed by atoms with Gasteiger partial charge in [-0.25, -0.2) is 9.36 Å². The topological polar surface area (TPSA) is 56.0 Å². The number of Topliss-reactive ketones (excluding diaryl/α,β-unsaturated/α-hetero) is 1. The number of benzene rings is 2. The van der Waals surface area contributed by atoms with Gasteiger partial charge in [0.15, 0.2) is 5.78 Å². The largest absolute Gasteiger partial charge is 0.298 e. The minimum atomic E-state index is 0.101. The first-order chi connectivity index (χ1) is 19.3. The lowest BCUT2D eigenvalue weighted by molar-refractivity contribution is -0.113. The summed E-state index contributed by atoms with van der Waals surface area (Å²) in [7, 11) is 2.07. The van der Waals surface area contributed by atoms with E-state index in [9.17, 15) is 4.79 Å². The molecule has 40 heavy (non-hydrogen) atoms. The van der Waals surface area contributed by atoms with Crippen LogP contribution in [0.3, 0.4) is 0 Å². The first-order valence-electron chi connectivity index (χ1n) is 14.2. The second kappa shape index (κ2) is 12.0. The second-order valence-corrected chi connectivity index (χ2v) is 11.7. The normalized spacial score (nSPS) is 16.6. The molecule has 0 N–H and O–H groups in total. The Hall–Kier alpha value is -4.03. The number of nitrogens with zero attached hydrogens (tertiary/aromatic N) is 5. The molecule has 4 aromatic rings. The number of likely N-dealkylation sites (N-methyl/N-ethyl adjacent to an activating group) is 1. The first-order valence-corrected chi connectivity index (χ1v) is 14.2. The lowest BCUT2D eigenvalue weighted by atomic mass is 9.93. The molecule has 5 rings (SSSR count). The van der Waals surface area contributed by atoms with E-state index in [1.807, 2.05) is 70.0 Å². The van der Waals surface area contributed by atoms with Gasteiger partial charge in [0.2, 0.25) is 0 Å². The Labute approximate surface area is 237 Å². The van der Waals surface area contributed by atoms with Crippen LogP contribution in [0.1, 0.15) is 50.2 Å². The van der Waals surface area contributed by atoms with E-state index in [-0.39, 0.29) is 5.78 Å². The van der Waals surface area contributed by atoms with Crippen molar-refractivity contribution in [3.05, 3.63) is 107 Å². The molecule has 0 radical (unpaired) electrons. The molecule has 6 heteroatoms. The van der Waals surface area contributed by atoms with Crippen molar-refractivity contribution >= 4 is 17.9 Å². The Kier molecular flexibility index (Phi) is 8.27. The SMILES string of the molecule is CC(C)Cc1nn(-c2ccccc2)cc1C=C1CN(C)CC(=Cc2cn(-c3ccccc3)nc2CC(C)C)C1=O. The summed E-state index contributed by atoms with van der Waals surface area (Å²) in [5.41, 5.74) is 7.65. The third kappa shape index (κ3) is 6.40. The van der Waals surface area contributed by atoms with Crippen LogP contribution < -0.4 is 0 Å². The van der Waals surface area contributed by atoms with Crippen molar-refractivity contribution in [3.8, 4) is 11.4 Å². The van der Waals surface area contributed by atoms with Crippen molar-refractivity contribution in [2.45, 2.75) is 40.5 Å². The van der Waals surface area contributed by atoms with E-state index in [1.54, 1.807) is 0 Å². The monoisotopic (exact) mass is 533 g/mol. The second-order valence-electron chi connectivity index (χ2n) is 11.7. The zero-order valence-electron chi connectivity index (χ0n) is 24.2. The Morgan fingerprint density at radius 2 is 1.10 bits per heavy atom. The zero-order valence-corrected chi connectivity index (χ0v) is 24.2. The van der Waals surface area contributed by atoms with Crippen molar-refractivity contribution in [2.24, 2.45) is 11.8 Å². The third-order valence-corrected chi connectivity index (χ3v) is 7.01. The lowest BCUT2D eigenvalue weighted by Crippen LogP contribution is -2.34. The van der Waals surface area contributed by atoms with Gasteiger partial charge in [-0.1, -0.05) is 64.1 Å². The predicted molar refractivity (Wildman–Crippen MR) is 163 cm³/mol. The quantitative estimate of drug-likeness (QED) is 0.245. The summed E-state index contributed by atoms with van der Waals surface area (Å²) in [5, 5.41) is 9.82. The summed E-state index contributed by atoms with van der Waals surface area (Å²) < 4.78 is 3.85. The smallest absolute Gasteiger partial charge is 0.187 e. The fraction of sp³-hybridized carbons (Fsp3) is 0.324. The molecule has 0 amide bonds. The van der Waals surface area contributed by atoms with Crippen LogP contribution in [0.4, 0.5) is 0 Å². The van der Waals surface area contributed by atoms with Crippen LogP contribution in [0.2, 0.25) is 0 Å². The molecule has 0 unspecified atom stereocenters. The van der Waals surface area contributed by atoms with Crippen molar-refractivity contribution in [1.82, 2.24) is 24.5 Å². The predicted octanol–water partition coefficient (Wildman–Crippen LogP) is 6.44. The fourth-order valence-corrected chi connectivity index (χ4v) is 5.19. The molecular weight excluding hydrogens is 494 g/mol. The molecule has 0 spiro atoms. The zero-order chi connectivity index (χ0) is 28.2. The van der Waals surface area contributed by atoms with E-state index >= 15 is 0 Å². The Balaban J connectivity index is 1.52. The molecule has 2 aromatic heterocycles. The van der Waals surface area contributed by atoms with Gasteiger partial charge in [-0.3, -0.25) is 9.69 Å². The number of aromatic nitrogens is 4. The summed E-state index contributed by atoms with van der Waals surface area (Å²) >= 11 is 0. The molecule has 1 aliphatic rings. The number of para-hydroxylation sites is 2. The van der Waals surface area contributed by atoms with Crippen LogP contribution in [0.25, 0.3) is 23.5 Å². The van der Waals surface area contributed by atoms with Gasteiger partial charge in [-0.15, -0.1) is 0 Å². The fourth-order valence-electron chi connectivity index (χ4n) is 5.19. The average molecular weight is 534 g/mol. The maximum Gasteiger partial charge on any atom is 0.187 e. The van der Waals surface area contributed by atoms with Gasteiger partial charge in [-0.05, 0) is 68.1 Å². The Morgan fingerprint density at radius 3 is 1.48 bits per heavy atom. The van der Waals surface area contributed by atoms with Gasteiger partial charge in [0.25, 0.3) is 0 Å². The van der Waals surface area contributed by atoms with Gasteiger partial charge in [0, 0.05) is 47.8 Å². The van der Waals surface area contributed by atoms with Gasteiger partial charge >= 0.3 is 0 Å². The van der Waals surface area contributed by atoms with Crippen LogP contribution in [-0.4, -0.2) is 50.4 Å². The van der Waals surface area contributed by atoms with Crippen LogP contribution in [0, 0.1) is 11.8 Å². The maximum atomic E-state index is 13.9. The number of carbonyl (C=O) groups excluding carboxylic acids is 1. The summed E-state index contributed by atoms with van der Waals surface area (Å²) in [6.07, 6.45) is 9.91. The molecule has 1 saturated heterocycles. The number of hydrogen-bond donors (Lipinski definition) is 0. The number of rotatable bonds is 8. The summed E-state index contributed by atoms with van der Waals surface area (Å²) in [6.45, 7) is 10.0. The van der Waals surface area contributed by atoms with Crippen LogP contribution in [-0.2, 0) is 17.6 Å². The standard InChI is InChI=1S/C34H39N5O/c1-24(2)16-32-26(22-38(35-32)30-12-8-6-9-13-30)18-28-20-37(5)21-29(34(28)40)19-27-23-39(31-14-10-7-11-15-31)36-33(27)17-25(3)4/h6-15,18-19,22-25H,16-17,20-21H2,1-5H3. The minimum absolute atomic E-state index is 0.101. The van der Waals surface area contributed by atoms with Crippen molar-refractivity contribution in [2.75, 3.05) is 20.1 Å². The molecule has 0 saturated carbocycles. The van der Waals surface area contributed by atoms with Gasteiger partial charge < -0.3 is 0 Å². The Morgan fingerprint density at radius 1 is 0.700 bits per heavy atom. The molecule has 0 atom stereocenters. The van der Waals surface area contributed by atoms with Crippen molar-refractivity contribution in [3.63, 3.8) is 0 Å². The summed E-state index contributed by atoms with van der Waals surface area (Å²) in [5.74, 6) is 1.01. The van der Waals surface area contributed by atoms with E-state index in [2.05, 4.69) is 64.2 Å². The Bertz CT molecular complexity index is 1410. The molecule has 1 aliphatic heterocycles. The number of hydrogen-bond acceptors (Lipinski definition) is 4. The molecule has 0 bridgehead atoms. The highest BCUT2D eigenvalue weighted by atomic mass is 16.1. The first kappa shape index (κ1) is 27.5. The highest BCUT2D eigenvalue weighted by Crippen LogP contribution is 2.26.